The molecule has 0 amide bonds. The molecular weight excluding hydrogens is 254 g/mol. The summed E-state index contributed by atoms with van der Waals surface area (Å²) in [6, 6.07) is 6.13. The van der Waals surface area contributed by atoms with E-state index >= 15 is 0 Å². The number of benzene rings is 1. The summed E-state index contributed by atoms with van der Waals surface area (Å²) in [4.78, 5) is 13.5. The third-order valence-corrected chi connectivity index (χ3v) is 3.81. The molecule has 4 heteroatoms. The molecule has 2 N–H and O–H groups in total. The number of phenols is 1. The van der Waals surface area contributed by atoms with Gasteiger partial charge < -0.3 is 14.7 Å². The first-order valence-electron chi connectivity index (χ1n) is 7.31. The van der Waals surface area contributed by atoms with Crippen LogP contribution in [0.2, 0.25) is 0 Å². The average molecular weight is 280 g/mol. The van der Waals surface area contributed by atoms with E-state index in [9.17, 15) is 9.90 Å². The molecule has 0 aliphatic carbocycles. The highest BCUT2D eigenvalue weighted by Gasteiger charge is 2.21. The number of quaternary nitrogens is 1. The largest absolute Gasteiger partial charge is 0.508 e. The van der Waals surface area contributed by atoms with E-state index in [1.54, 1.807) is 12.1 Å². The lowest BCUT2D eigenvalue weighted by Gasteiger charge is -2.24. The molecule has 0 saturated carbocycles. The minimum atomic E-state index is -0.334. The molecule has 0 fully saturated rings. The number of carbonyl (C=O) groups is 1. The van der Waals surface area contributed by atoms with Crippen LogP contribution in [0.4, 0.5) is 0 Å². The lowest BCUT2D eigenvalue weighted by molar-refractivity contribution is -0.900. The zero-order valence-corrected chi connectivity index (χ0v) is 12.8. The Labute approximate surface area is 121 Å². The number of esters is 1. The third-order valence-electron chi connectivity index (χ3n) is 3.81. The Morgan fingerprint density at radius 2 is 1.75 bits per heavy atom. The maximum Gasteiger partial charge on any atom is 0.338 e. The predicted molar refractivity (Wildman–Crippen MR) is 79.1 cm³/mol. The Morgan fingerprint density at radius 3 is 2.25 bits per heavy atom. The monoisotopic (exact) mass is 280 g/mol. The van der Waals surface area contributed by atoms with Gasteiger partial charge in [-0.15, -0.1) is 0 Å². The van der Waals surface area contributed by atoms with E-state index < -0.39 is 0 Å². The topological polar surface area (TPSA) is 51.0 Å². The van der Waals surface area contributed by atoms with Crippen LogP contribution >= 0.6 is 0 Å². The molecule has 0 saturated heterocycles. The second-order valence-electron chi connectivity index (χ2n) is 5.30. The summed E-state index contributed by atoms with van der Waals surface area (Å²) in [6.07, 6.45) is -0.121. The van der Waals surface area contributed by atoms with Gasteiger partial charge in [-0.05, 0) is 45.0 Å². The number of ether oxygens (including phenoxy) is 1. The first-order valence-corrected chi connectivity index (χ1v) is 7.31. The number of aromatic hydroxyl groups is 1. The zero-order chi connectivity index (χ0) is 15.1. The van der Waals surface area contributed by atoms with Crippen molar-refractivity contribution in [3.8, 4) is 5.75 Å². The van der Waals surface area contributed by atoms with Gasteiger partial charge in [-0.1, -0.05) is 6.92 Å². The summed E-state index contributed by atoms with van der Waals surface area (Å²) < 4.78 is 5.49. The average Bonchev–Trinajstić information content (AvgIpc) is 2.44. The first-order chi connectivity index (χ1) is 9.47. The second kappa shape index (κ2) is 7.90. The molecule has 2 atom stereocenters. The maximum atomic E-state index is 12.0. The van der Waals surface area contributed by atoms with E-state index in [1.165, 1.54) is 17.0 Å². The molecule has 112 valence electrons. The van der Waals surface area contributed by atoms with Crippen LogP contribution in [0.3, 0.4) is 0 Å². The van der Waals surface area contributed by atoms with Crippen LogP contribution in [-0.2, 0) is 4.74 Å². The Balaban J connectivity index is 2.54. The molecule has 0 aliphatic rings. The van der Waals surface area contributed by atoms with E-state index in [-0.39, 0.29) is 17.8 Å². The van der Waals surface area contributed by atoms with Crippen LogP contribution in [0.1, 0.15) is 38.1 Å². The van der Waals surface area contributed by atoms with E-state index in [2.05, 4.69) is 20.8 Å². The highest BCUT2D eigenvalue weighted by Crippen LogP contribution is 2.13. The van der Waals surface area contributed by atoms with Gasteiger partial charge in [0, 0.05) is 5.92 Å². The summed E-state index contributed by atoms with van der Waals surface area (Å²) in [7, 11) is 0. The summed E-state index contributed by atoms with van der Waals surface area (Å²) in [5.74, 6) is 0.123. The lowest BCUT2D eigenvalue weighted by atomic mass is 10.1. The van der Waals surface area contributed by atoms with Crippen LogP contribution in [0.5, 0.6) is 5.75 Å². The molecule has 20 heavy (non-hydrogen) atoms. The summed E-state index contributed by atoms with van der Waals surface area (Å²) in [6.45, 7) is 11.5. The number of rotatable bonds is 7. The SMILES string of the molecule is CC[NH+](CC)C[C@@H](C)[C@@H](C)OC(=O)c1ccc(O)cc1. The van der Waals surface area contributed by atoms with Crippen molar-refractivity contribution in [2.75, 3.05) is 19.6 Å². The zero-order valence-electron chi connectivity index (χ0n) is 12.8. The van der Waals surface area contributed by atoms with Crippen LogP contribution in [0.25, 0.3) is 0 Å². The highest BCUT2D eigenvalue weighted by molar-refractivity contribution is 5.89. The first kappa shape index (κ1) is 16.5. The van der Waals surface area contributed by atoms with E-state index in [0.29, 0.717) is 11.5 Å². The van der Waals surface area contributed by atoms with Crippen LogP contribution in [-0.4, -0.2) is 36.8 Å². The van der Waals surface area contributed by atoms with Crippen LogP contribution in [0.15, 0.2) is 24.3 Å². The van der Waals surface area contributed by atoms with Crippen molar-refractivity contribution in [2.24, 2.45) is 5.92 Å². The molecule has 0 bridgehead atoms. The normalized spacial score (nSPS) is 14.1. The second-order valence-corrected chi connectivity index (χ2v) is 5.30. The third kappa shape index (κ3) is 4.85. The lowest BCUT2D eigenvalue weighted by Crippen LogP contribution is -3.12. The van der Waals surface area contributed by atoms with Gasteiger partial charge in [0.25, 0.3) is 0 Å². The smallest absolute Gasteiger partial charge is 0.338 e. The van der Waals surface area contributed by atoms with Crippen molar-refractivity contribution in [1.29, 1.82) is 0 Å². The maximum absolute atomic E-state index is 12.0. The molecule has 1 aromatic rings. The molecule has 0 spiro atoms. The van der Waals surface area contributed by atoms with Crippen molar-refractivity contribution >= 4 is 5.97 Å². The predicted octanol–water partition coefficient (Wildman–Crippen LogP) is 1.50. The Bertz CT molecular complexity index is 412. The molecule has 1 aromatic carbocycles. The fourth-order valence-corrected chi connectivity index (χ4v) is 2.11. The molecular formula is C16H26NO3+. The van der Waals surface area contributed by atoms with Gasteiger partial charge >= 0.3 is 5.97 Å². The van der Waals surface area contributed by atoms with Crippen molar-refractivity contribution in [1.82, 2.24) is 0 Å². The van der Waals surface area contributed by atoms with Gasteiger partial charge in [0.2, 0.25) is 0 Å². The van der Waals surface area contributed by atoms with E-state index in [4.69, 9.17) is 4.74 Å². The summed E-state index contributed by atoms with van der Waals surface area (Å²) in [5, 5.41) is 9.21. The highest BCUT2D eigenvalue weighted by atomic mass is 16.5. The summed E-state index contributed by atoms with van der Waals surface area (Å²) in [5.41, 5.74) is 0.469. The Morgan fingerprint density at radius 1 is 1.20 bits per heavy atom. The molecule has 0 aliphatic heterocycles. The van der Waals surface area contributed by atoms with Gasteiger partial charge in [0.05, 0.1) is 25.2 Å². The Kier molecular flexibility index (Phi) is 6.52. The number of nitrogens with one attached hydrogen (secondary N) is 1. The fourth-order valence-electron chi connectivity index (χ4n) is 2.11. The molecule has 1 rings (SSSR count). The minimum absolute atomic E-state index is 0.121. The van der Waals surface area contributed by atoms with Gasteiger partial charge in [0.15, 0.2) is 0 Å². The summed E-state index contributed by atoms with van der Waals surface area (Å²) >= 11 is 0. The standard InChI is InChI=1S/C16H25NO3/c1-5-17(6-2)11-12(3)13(4)20-16(19)14-7-9-15(18)10-8-14/h7-10,12-13,18H,5-6,11H2,1-4H3/p+1/t12-,13-/m1/s1. The molecule has 0 heterocycles. The van der Waals surface area contributed by atoms with Crippen molar-refractivity contribution in [3.63, 3.8) is 0 Å². The molecule has 0 aromatic heterocycles. The van der Waals surface area contributed by atoms with Gasteiger partial charge in [-0.2, -0.15) is 0 Å². The van der Waals surface area contributed by atoms with Crippen molar-refractivity contribution in [3.05, 3.63) is 29.8 Å². The number of hydrogen-bond donors (Lipinski definition) is 2. The van der Waals surface area contributed by atoms with E-state index in [0.717, 1.165) is 19.6 Å². The molecule has 0 radical (unpaired) electrons. The number of phenolic OH excluding ortho intramolecular Hbond substituents is 1. The molecule has 4 nitrogen and oxygen atoms in total. The van der Waals surface area contributed by atoms with Gasteiger partial charge in [-0.3, -0.25) is 0 Å². The van der Waals surface area contributed by atoms with Crippen LogP contribution in [0, 0.1) is 5.92 Å². The number of carbonyl (C=O) groups excluding carboxylic acids is 1. The van der Waals surface area contributed by atoms with Crippen molar-refractivity contribution in [2.45, 2.75) is 33.8 Å². The van der Waals surface area contributed by atoms with Gasteiger partial charge in [-0.25, -0.2) is 4.79 Å². The Hall–Kier alpha value is -1.55. The number of hydrogen-bond acceptors (Lipinski definition) is 3. The van der Waals surface area contributed by atoms with Gasteiger partial charge in [0.1, 0.15) is 11.9 Å². The minimum Gasteiger partial charge on any atom is -0.508 e. The quantitative estimate of drug-likeness (QED) is 0.744. The van der Waals surface area contributed by atoms with Crippen molar-refractivity contribution < 1.29 is 19.5 Å². The van der Waals surface area contributed by atoms with E-state index in [1.807, 2.05) is 6.92 Å². The van der Waals surface area contributed by atoms with Crippen LogP contribution < -0.4 is 4.90 Å². The fraction of sp³-hybridized carbons (Fsp3) is 0.562. The molecule has 0 unspecified atom stereocenters.